The second-order valence-corrected chi connectivity index (χ2v) is 5.83. The molecule has 1 aliphatic rings. The summed E-state index contributed by atoms with van der Waals surface area (Å²) in [5.41, 5.74) is -0.0597. The molecule has 1 aromatic rings. The zero-order valence-corrected chi connectivity index (χ0v) is 11.9. The van der Waals surface area contributed by atoms with Crippen LogP contribution in [-0.2, 0) is 4.79 Å². The minimum atomic E-state index is -0.844. The van der Waals surface area contributed by atoms with Crippen LogP contribution in [0.3, 0.4) is 0 Å². The van der Waals surface area contributed by atoms with Crippen LogP contribution in [0.25, 0.3) is 0 Å². The molecule has 2 atom stereocenters. The van der Waals surface area contributed by atoms with E-state index in [1.54, 1.807) is 12.1 Å². The molecule has 2 N–H and O–H groups in total. The lowest BCUT2D eigenvalue weighted by atomic mass is 9.74. The van der Waals surface area contributed by atoms with Crippen LogP contribution in [0.1, 0.15) is 39.0 Å². The first-order valence-corrected chi connectivity index (χ1v) is 7.21. The highest BCUT2D eigenvalue weighted by Gasteiger charge is 2.42. The summed E-state index contributed by atoms with van der Waals surface area (Å²) in [5, 5.41) is 13.5. The summed E-state index contributed by atoms with van der Waals surface area (Å²) in [6, 6.07) is 7.27. The van der Waals surface area contributed by atoms with Crippen molar-refractivity contribution in [2.75, 3.05) is 5.32 Å². The van der Waals surface area contributed by atoms with Crippen LogP contribution >= 0.6 is 11.6 Å². The molecule has 3 nitrogen and oxygen atoms in total. The lowest BCUT2D eigenvalue weighted by molar-refractivity contribution is -0.144. The van der Waals surface area contributed by atoms with E-state index in [1.807, 2.05) is 12.1 Å². The van der Waals surface area contributed by atoms with Crippen molar-refractivity contribution in [2.24, 2.45) is 5.92 Å². The molecule has 1 saturated carbocycles. The van der Waals surface area contributed by atoms with Gasteiger partial charge < -0.3 is 10.4 Å². The molecule has 0 saturated heterocycles. The first-order valence-electron chi connectivity index (χ1n) is 6.83. The fourth-order valence-corrected chi connectivity index (χ4v) is 3.13. The third kappa shape index (κ3) is 3.21. The van der Waals surface area contributed by atoms with Crippen molar-refractivity contribution in [3.05, 3.63) is 29.3 Å². The zero-order valence-electron chi connectivity index (χ0n) is 11.2. The Labute approximate surface area is 119 Å². The van der Waals surface area contributed by atoms with E-state index in [1.165, 1.54) is 0 Å². The molecule has 0 spiro atoms. The Kier molecular flexibility index (Phi) is 4.35. The molecule has 4 heteroatoms. The zero-order chi connectivity index (χ0) is 13.9. The Bertz CT molecular complexity index is 463. The van der Waals surface area contributed by atoms with Gasteiger partial charge in [-0.05, 0) is 37.0 Å². The van der Waals surface area contributed by atoms with Crippen molar-refractivity contribution < 1.29 is 9.90 Å². The van der Waals surface area contributed by atoms with Gasteiger partial charge in [0, 0.05) is 10.7 Å². The van der Waals surface area contributed by atoms with Crippen LogP contribution < -0.4 is 5.32 Å². The smallest absolute Gasteiger partial charge is 0.329 e. The van der Waals surface area contributed by atoms with Gasteiger partial charge >= 0.3 is 5.97 Å². The summed E-state index contributed by atoms with van der Waals surface area (Å²) in [7, 11) is 0. The molecule has 2 unspecified atom stereocenters. The predicted molar refractivity (Wildman–Crippen MR) is 77.7 cm³/mol. The van der Waals surface area contributed by atoms with E-state index in [4.69, 9.17) is 11.6 Å². The van der Waals surface area contributed by atoms with Gasteiger partial charge in [-0.2, -0.15) is 0 Å². The fraction of sp³-hybridized carbons (Fsp3) is 0.533. The van der Waals surface area contributed by atoms with Crippen LogP contribution in [0.2, 0.25) is 5.02 Å². The normalized spacial score (nSPS) is 26.9. The van der Waals surface area contributed by atoms with E-state index in [0.29, 0.717) is 23.8 Å². The quantitative estimate of drug-likeness (QED) is 0.870. The van der Waals surface area contributed by atoms with E-state index in [0.717, 1.165) is 24.9 Å². The number of rotatable bonds is 4. The average molecular weight is 282 g/mol. The van der Waals surface area contributed by atoms with Gasteiger partial charge in [-0.25, -0.2) is 4.79 Å². The van der Waals surface area contributed by atoms with Gasteiger partial charge in [-0.3, -0.25) is 0 Å². The summed E-state index contributed by atoms with van der Waals surface area (Å²) in [5.74, 6) is -0.276. The maximum absolute atomic E-state index is 11.7. The average Bonchev–Trinajstić information content (AvgIpc) is 2.38. The van der Waals surface area contributed by atoms with Gasteiger partial charge in [0.25, 0.3) is 0 Å². The number of aliphatic carboxylic acids is 1. The molecule has 1 aromatic carbocycles. The fourth-order valence-electron chi connectivity index (χ4n) is 2.94. The number of carboxylic acids is 1. The number of anilines is 1. The molecular weight excluding hydrogens is 262 g/mol. The number of nitrogens with one attached hydrogen (secondary N) is 1. The maximum atomic E-state index is 11.7. The highest BCUT2D eigenvalue weighted by atomic mass is 35.5. The van der Waals surface area contributed by atoms with E-state index < -0.39 is 11.5 Å². The topological polar surface area (TPSA) is 49.3 Å². The number of hydrogen-bond acceptors (Lipinski definition) is 2. The molecule has 19 heavy (non-hydrogen) atoms. The van der Waals surface area contributed by atoms with Crippen molar-refractivity contribution in [1.82, 2.24) is 0 Å². The van der Waals surface area contributed by atoms with Gasteiger partial charge in [0.15, 0.2) is 0 Å². The van der Waals surface area contributed by atoms with Gasteiger partial charge in [0.2, 0.25) is 0 Å². The SMILES string of the molecule is CCC1CCCC(Nc2cccc(Cl)c2)(C(=O)O)C1. The molecule has 1 aliphatic carbocycles. The Morgan fingerprint density at radius 2 is 2.37 bits per heavy atom. The van der Waals surface area contributed by atoms with Gasteiger partial charge in [-0.15, -0.1) is 0 Å². The maximum Gasteiger partial charge on any atom is 0.329 e. The van der Waals surface area contributed by atoms with Crippen LogP contribution in [-0.4, -0.2) is 16.6 Å². The Morgan fingerprint density at radius 1 is 1.58 bits per heavy atom. The summed E-state index contributed by atoms with van der Waals surface area (Å²) in [4.78, 5) is 11.7. The minimum absolute atomic E-state index is 0.483. The van der Waals surface area contributed by atoms with Gasteiger partial charge in [-0.1, -0.05) is 43.9 Å². The molecule has 0 aliphatic heterocycles. The number of hydrogen-bond donors (Lipinski definition) is 2. The van der Waals surface area contributed by atoms with Crippen LogP contribution in [0.4, 0.5) is 5.69 Å². The second kappa shape index (κ2) is 5.83. The largest absolute Gasteiger partial charge is 0.480 e. The van der Waals surface area contributed by atoms with Crippen molar-refractivity contribution in [3.8, 4) is 0 Å². The van der Waals surface area contributed by atoms with Crippen molar-refractivity contribution in [2.45, 2.75) is 44.6 Å². The third-order valence-electron chi connectivity index (χ3n) is 4.05. The Hall–Kier alpha value is -1.22. The Balaban J connectivity index is 2.22. The summed E-state index contributed by atoms with van der Waals surface area (Å²) < 4.78 is 0. The van der Waals surface area contributed by atoms with Crippen LogP contribution in [0.15, 0.2) is 24.3 Å². The highest BCUT2D eigenvalue weighted by Crippen LogP contribution is 2.37. The Morgan fingerprint density at radius 3 is 3.00 bits per heavy atom. The summed E-state index contributed by atoms with van der Waals surface area (Å²) >= 11 is 5.96. The molecule has 104 valence electrons. The summed E-state index contributed by atoms with van der Waals surface area (Å²) in [6.07, 6.45) is 4.48. The molecular formula is C15H20ClNO2. The van der Waals surface area contributed by atoms with Crippen LogP contribution in [0.5, 0.6) is 0 Å². The predicted octanol–water partition coefficient (Wildman–Crippen LogP) is 4.18. The third-order valence-corrected chi connectivity index (χ3v) is 4.28. The molecule has 2 rings (SSSR count). The first-order chi connectivity index (χ1) is 9.05. The number of benzene rings is 1. The molecule has 1 fully saturated rings. The van der Waals surface area contributed by atoms with E-state index >= 15 is 0 Å². The van der Waals surface area contributed by atoms with Crippen molar-refractivity contribution in [3.63, 3.8) is 0 Å². The number of carboxylic acid groups (broad SMARTS) is 1. The minimum Gasteiger partial charge on any atom is -0.480 e. The molecule has 0 radical (unpaired) electrons. The lowest BCUT2D eigenvalue weighted by Gasteiger charge is -2.38. The molecule has 0 aromatic heterocycles. The van der Waals surface area contributed by atoms with E-state index in [-0.39, 0.29) is 0 Å². The lowest BCUT2D eigenvalue weighted by Crippen LogP contribution is -2.49. The standard InChI is InChI=1S/C15H20ClNO2/c1-2-11-5-4-8-15(10-11,14(18)19)17-13-7-3-6-12(16)9-13/h3,6-7,9,11,17H,2,4-5,8,10H2,1H3,(H,18,19). The summed E-state index contributed by atoms with van der Waals surface area (Å²) in [6.45, 7) is 2.13. The monoisotopic (exact) mass is 281 g/mol. The van der Waals surface area contributed by atoms with E-state index in [2.05, 4.69) is 12.2 Å². The highest BCUT2D eigenvalue weighted by molar-refractivity contribution is 6.30. The second-order valence-electron chi connectivity index (χ2n) is 5.39. The van der Waals surface area contributed by atoms with E-state index in [9.17, 15) is 9.90 Å². The first kappa shape index (κ1) is 14.2. The van der Waals surface area contributed by atoms with Crippen molar-refractivity contribution in [1.29, 1.82) is 0 Å². The molecule has 0 bridgehead atoms. The van der Waals surface area contributed by atoms with Crippen LogP contribution in [0, 0.1) is 5.92 Å². The number of halogens is 1. The number of carbonyl (C=O) groups is 1. The van der Waals surface area contributed by atoms with Crippen molar-refractivity contribution >= 4 is 23.3 Å². The van der Waals surface area contributed by atoms with Gasteiger partial charge in [0.1, 0.15) is 5.54 Å². The van der Waals surface area contributed by atoms with Gasteiger partial charge in [0.05, 0.1) is 0 Å². The molecule has 0 heterocycles. The molecule has 0 amide bonds.